The molecule has 2 heterocycles. The summed E-state index contributed by atoms with van der Waals surface area (Å²) < 4.78 is 1.62. The maximum Gasteiger partial charge on any atom is 0.255 e. The summed E-state index contributed by atoms with van der Waals surface area (Å²) in [5.41, 5.74) is 3.79. The predicted octanol–water partition coefficient (Wildman–Crippen LogP) is 5.35. The molecule has 1 saturated heterocycles. The third kappa shape index (κ3) is 6.23. The number of nitrogens with zero attached hydrogens (tertiary/aromatic N) is 3. The molecule has 1 atom stereocenters. The minimum absolute atomic E-state index is 0.00116. The van der Waals surface area contributed by atoms with Gasteiger partial charge in [-0.2, -0.15) is 5.10 Å². The highest BCUT2D eigenvalue weighted by Crippen LogP contribution is 2.30. The molecule has 1 fully saturated rings. The first-order chi connectivity index (χ1) is 19.0. The Labute approximate surface area is 227 Å². The molecule has 1 unspecified atom stereocenters. The molecule has 39 heavy (non-hydrogen) atoms. The van der Waals surface area contributed by atoms with Crippen molar-refractivity contribution < 1.29 is 14.4 Å². The molecular formula is C31H31N5O3. The molecule has 0 bridgehead atoms. The summed E-state index contributed by atoms with van der Waals surface area (Å²) in [6.45, 7) is 3.16. The van der Waals surface area contributed by atoms with Gasteiger partial charge in [-0.1, -0.05) is 30.3 Å². The lowest BCUT2D eigenvalue weighted by atomic mass is 9.89. The van der Waals surface area contributed by atoms with Crippen LogP contribution in [-0.2, 0) is 4.79 Å². The van der Waals surface area contributed by atoms with Crippen molar-refractivity contribution in [2.75, 3.05) is 23.7 Å². The fraction of sp³-hybridized carbons (Fsp3) is 0.226. The normalized spacial score (nSPS) is 14.4. The Bertz CT molecular complexity index is 1410. The van der Waals surface area contributed by atoms with E-state index in [0.29, 0.717) is 35.8 Å². The van der Waals surface area contributed by atoms with Crippen molar-refractivity contribution in [2.24, 2.45) is 0 Å². The Balaban J connectivity index is 1.11. The van der Waals surface area contributed by atoms with Crippen molar-refractivity contribution >= 4 is 29.1 Å². The van der Waals surface area contributed by atoms with Crippen LogP contribution in [0.25, 0.3) is 0 Å². The summed E-state index contributed by atoms with van der Waals surface area (Å²) in [4.78, 5) is 39.8. The van der Waals surface area contributed by atoms with Crippen molar-refractivity contribution in [3.63, 3.8) is 0 Å². The predicted molar refractivity (Wildman–Crippen MR) is 151 cm³/mol. The first-order valence-electron chi connectivity index (χ1n) is 13.1. The number of nitrogens with one attached hydrogen (secondary N) is 2. The van der Waals surface area contributed by atoms with Gasteiger partial charge in [0.1, 0.15) is 6.04 Å². The van der Waals surface area contributed by atoms with Crippen LogP contribution in [-0.4, -0.2) is 45.5 Å². The third-order valence-electron chi connectivity index (χ3n) is 7.16. The van der Waals surface area contributed by atoms with Crippen molar-refractivity contribution in [3.05, 3.63) is 114 Å². The van der Waals surface area contributed by atoms with Crippen LogP contribution in [0.15, 0.2) is 97.3 Å². The van der Waals surface area contributed by atoms with E-state index in [-0.39, 0.29) is 17.7 Å². The molecule has 8 nitrogen and oxygen atoms in total. The van der Waals surface area contributed by atoms with Gasteiger partial charge in [-0.25, -0.2) is 0 Å². The standard InChI is InChI=1S/C31H31N5O3/c1-22(36-19-5-18-32-36)29(37)33-27-12-8-23(9-13-27)24-16-20-35(21-17-24)31(39)26-10-14-28(15-11-26)34-30(38)25-6-3-2-4-7-25/h2-15,18-19,22,24H,16-17,20-21H2,1H3,(H,33,37)(H,34,38). The number of hydrogen-bond donors (Lipinski definition) is 2. The smallest absolute Gasteiger partial charge is 0.255 e. The fourth-order valence-corrected chi connectivity index (χ4v) is 4.80. The molecule has 4 aromatic rings. The number of carbonyl (C=O) groups excluding carboxylic acids is 3. The van der Waals surface area contributed by atoms with Crippen LogP contribution in [0.4, 0.5) is 11.4 Å². The number of anilines is 2. The van der Waals surface area contributed by atoms with E-state index in [1.54, 1.807) is 59.5 Å². The second-order valence-corrected chi connectivity index (χ2v) is 9.74. The number of piperidine rings is 1. The summed E-state index contributed by atoms with van der Waals surface area (Å²) in [5.74, 6) is 0.0527. The number of rotatable bonds is 7. The SMILES string of the molecule is CC(C(=O)Nc1ccc(C2CCN(C(=O)c3ccc(NC(=O)c4ccccc4)cc3)CC2)cc1)n1cccn1. The Kier molecular flexibility index (Phi) is 7.82. The summed E-state index contributed by atoms with van der Waals surface area (Å²) in [7, 11) is 0. The molecule has 3 aromatic carbocycles. The molecule has 198 valence electrons. The number of likely N-dealkylation sites (tertiary alicyclic amines) is 1. The van der Waals surface area contributed by atoms with E-state index < -0.39 is 6.04 Å². The molecule has 0 spiro atoms. The van der Waals surface area contributed by atoms with E-state index in [4.69, 9.17) is 0 Å². The van der Waals surface area contributed by atoms with Gasteiger partial charge < -0.3 is 15.5 Å². The molecule has 1 aromatic heterocycles. The van der Waals surface area contributed by atoms with Crippen LogP contribution in [0.3, 0.4) is 0 Å². The highest BCUT2D eigenvalue weighted by atomic mass is 16.2. The summed E-state index contributed by atoms with van der Waals surface area (Å²) in [6, 6.07) is 25.4. The lowest BCUT2D eigenvalue weighted by molar-refractivity contribution is -0.119. The van der Waals surface area contributed by atoms with E-state index in [2.05, 4.69) is 27.9 Å². The molecule has 8 heteroatoms. The first-order valence-corrected chi connectivity index (χ1v) is 13.1. The van der Waals surface area contributed by atoms with Crippen LogP contribution in [0.2, 0.25) is 0 Å². The van der Waals surface area contributed by atoms with Crippen LogP contribution >= 0.6 is 0 Å². The third-order valence-corrected chi connectivity index (χ3v) is 7.16. The zero-order valence-corrected chi connectivity index (χ0v) is 21.8. The summed E-state index contributed by atoms with van der Waals surface area (Å²) in [5, 5.41) is 9.94. The molecule has 1 aliphatic heterocycles. The minimum atomic E-state index is -0.397. The number of benzene rings is 3. The highest BCUT2D eigenvalue weighted by molar-refractivity contribution is 6.04. The molecule has 0 radical (unpaired) electrons. The zero-order valence-electron chi connectivity index (χ0n) is 21.8. The van der Waals surface area contributed by atoms with Gasteiger partial charge in [0.25, 0.3) is 11.8 Å². The molecule has 0 saturated carbocycles. The topological polar surface area (TPSA) is 96.3 Å². The fourth-order valence-electron chi connectivity index (χ4n) is 4.80. The Hall–Kier alpha value is -4.72. The van der Waals surface area contributed by atoms with E-state index >= 15 is 0 Å². The quantitative estimate of drug-likeness (QED) is 0.342. The van der Waals surface area contributed by atoms with Gasteiger partial charge in [-0.05, 0) is 85.8 Å². The minimum Gasteiger partial charge on any atom is -0.339 e. The van der Waals surface area contributed by atoms with Gasteiger partial charge in [0.2, 0.25) is 5.91 Å². The Morgan fingerprint density at radius 3 is 2.08 bits per heavy atom. The van der Waals surface area contributed by atoms with Crippen LogP contribution < -0.4 is 10.6 Å². The zero-order chi connectivity index (χ0) is 27.2. The lowest BCUT2D eigenvalue weighted by Gasteiger charge is -2.32. The van der Waals surface area contributed by atoms with Crippen molar-refractivity contribution in [3.8, 4) is 0 Å². The number of amides is 3. The average Bonchev–Trinajstić information content (AvgIpc) is 3.53. The number of carbonyl (C=O) groups is 3. The van der Waals surface area contributed by atoms with Gasteiger partial charge >= 0.3 is 0 Å². The van der Waals surface area contributed by atoms with Gasteiger partial charge in [-0.15, -0.1) is 0 Å². The maximum absolute atomic E-state index is 13.1. The van der Waals surface area contributed by atoms with Crippen molar-refractivity contribution in [1.82, 2.24) is 14.7 Å². The average molecular weight is 522 g/mol. The summed E-state index contributed by atoms with van der Waals surface area (Å²) >= 11 is 0. The number of aromatic nitrogens is 2. The molecule has 5 rings (SSSR count). The second-order valence-electron chi connectivity index (χ2n) is 9.74. The van der Waals surface area contributed by atoms with Crippen LogP contribution in [0.5, 0.6) is 0 Å². The second kappa shape index (κ2) is 11.8. The van der Waals surface area contributed by atoms with E-state index in [9.17, 15) is 14.4 Å². The largest absolute Gasteiger partial charge is 0.339 e. The molecule has 3 amide bonds. The van der Waals surface area contributed by atoms with Gasteiger partial charge in [-0.3, -0.25) is 19.1 Å². The van der Waals surface area contributed by atoms with E-state index in [0.717, 1.165) is 18.5 Å². The Morgan fingerprint density at radius 2 is 1.44 bits per heavy atom. The molecular weight excluding hydrogens is 490 g/mol. The Morgan fingerprint density at radius 1 is 0.795 bits per heavy atom. The van der Waals surface area contributed by atoms with Crippen molar-refractivity contribution in [1.29, 1.82) is 0 Å². The lowest BCUT2D eigenvalue weighted by Crippen LogP contribution is -2.37. The highest BCUT2D eigenvalue weighted by Gasteiger charge is 2.25. The monoisotopic (exact) mass is 521 g/mol. The van der Waals surface area contributed by atoms with Crippen LogP contribution in [0, 0.1) is 0 Å². The van der Waals surface area contributed by atoms with Gasteiger partial charge in [0.15, 0.2) is 0 Å². The molecule has 2 N–H and O–H groups in total. The summed E-state index contributed by atoms with van der Waals surface area (Å²) in [6.07, 6.45) is 5.17. The first kappa shape index (κ1) is 25.9. The van der Waals surface area contributed by atoms with Crippen molar-refractivity contribution in [2.45, 2.75) is 31.7 Å². The van der Waals surface area contributed by atoms with Crippen LogP contribution in [0.1, 0.15) is 58.0 Å². The molecule has 0 aliphatic carbocycles. The van der Waals surface area contributed by atoms with Gasteiger partial charge in [0.05, 0.1) is 0 Å². The molecule has 1 aliphatic rings. The van der Waals surface area contributed by atoms with Gasteiger partial charge in [0, 0.05) is 48.0 Å². The van der Waals surface area contributed by atoms with E-state index in [1.807, 2.05) is 42.2 Å². The maximum atomic E-state index is 13.1. The number of hydrogen-bond acceptors (Lipinski definition) is 4. The van der Waals surface area contributed by atoms with E-state index in [1.165, 1.54) is 5.56 Å².